The van der Waals surface area contributed by atoms with Gasteiger partial charge in [-0.1, -0.05) is 5.21 Å². The molecule has 0 radical (unpaired) electrons. The van der Waals surface area contributed by atoms with Crippen LogP contribution in [0.2, 0.25) is 0 Å². The van der Waals surface area contributed by atoms with E-state index in [4.69, 9.17) is 4.74 Å². The molecule has 3 saturated carbocycles. The predicted molar refractivity (Wildman–Crippen MR) is 141 cm³/mol. The lowest BCUT2D eigenvalue weighted by molar-refractivity contribution is -0.150. The molecule has 8 nitrogen and oxygen atoms in total. The van der Waals surface area contributed by atoms with Crippen molar-refractivity contribution in [1.82, 2.24) is 29.7 Å². The average Bonchev–Trinajstić information content (AvgIpc) is 3.69. The van der Waals surface area contributed by atoms with Crippen LogP contribution < -0.4 is 4.74 Å². The molecule has 5 aliphatic rings. The molecule has 0 unspecified atom stereocenters. The Bertz CT molecular complexity index is 1120. The number of ether oxygens (including phenoxy) is 1. The molecule has 3 aliphatic carbocycles. The molecule has 5 fully saturated rings. The number of benzene rings is 1. The van der Waals surface area contributed by atoms with Crippen LogP contribution in [-0.4, -0.2) is 94.1 Å². The van der Waals surface area contributed by atoms with Gasteiger partial charge in [-0.05, 0) is 89.1 Å². The van der Waals surface area contributed by atoms with E-state index in [0.717, 1.165) is 101 Å². The highest BCUT2D eigenvalue weighted by Gasteiger charge is 2.61. The predicted octanol–water partition coefficient (Wildman–Crippen LogP) is 3.38. The second-order valence-electron chi connectivity index (χ2n) is 12.5. The Morgan fingerprint density at radius 1 is 0.973 bits per heavy atom. The summed E-state index contributed by atoms with van der Waals surface area (Å²) in [5.74, 6) is 1.34. The molecule has 2 saturated heterocycles. The molecular formula is C29H40N6O2. The number of carbonyl (C=O) groups excluding carboxylic acids is 1. The number of hydrogen-bond donors (Lipinski definition) is 0. The summed E-state index contributed by atoms with van der Waals surface area (Å²) in [6, 6.07) is 8.85. The number of nitrogens with zero attached hydrogens (tertiary/aromatic N) is 6. The van der Waals surface area contributed by atoms with Gasteiger partial charge in [-0.15, -0.1) is 5.10 Å². The lowest BCUT2D eigenvalue weighted by atomic mass is 9.81. The third kappa shape index (κ3) is 4.16. The Labute approximate surface area is 219 Å². The molecular weight excluding hydrogens is 464 g/mol. The molecule has 0 spiro atoms. The molecule has 2 aliphatic heterocycles. The molecule has 7 rings (SSSR count). The number of carbonyl (C=O) groups is 1. The van der Waals surface area contributed by atoms with Crippen LogP contribution in [0.3, 0.4) is 0 Å². The topological polar surface area (TPSA) is 66.7 Å². The van der Waals surface area contributed by atoms with Gasteiger partial charge in [0.25, 0.3) is 0 Å². The van der Waals surface area contributed by atoms with Crippen LogP contribution in [0.1, 0.15) is 57.8 Å². The van der Waals surface area contributed by atoms with Gasteiger partial charge < -0.3 is 14.5 Å². The molecule has 2 bridgehead atoms. The SMILES string of the molecule is CN1CCN(C2CN(C(=O)C34CCC(n5cc(-c6ccc(OC7CCCC7)cc6)nn5)(CC3)C4)C2)CC1. The fourth-order valence-corrected chi connectivity index (χ4v) is 7.68. The maximum atomic E-state index is 13.7. The van der Waals surface area contributed by atoms with Gasteiger partial charge in [-0.25, -0.2) is 4.68 Å². The fourth-order valence-electron chi connectivity index (χ4n) is 7.68. The summed E-state index contributed by atoms with van der Waals surface area (Å²) in [7, 11) is 2.19. The van der Waals surface area contributed by atoms with Crippen LogP contribution in [0, 0.1) is 5.41 Å². The summed E-state index contributed by atoms with van der Waals surface area (Å²) in [5, 5.41) is 9.14. The van der Waals surface area contributed by atoms with Crippen molar-refractivity contribution >= 4 is 5.91 Å². The van der Waals surface area contributed by atoms with Gasteiger partial charge >= 0.3 is 0 Å². The molecule has 2 aromatic rings. The van der Waals surface area contributed by atoms with Crippen LogP contribution in [-0.2, 0) is 10.3 Å². The quantitative estimate of drug-likeness (QED) is 0.601. The second kappa shape index (κ2) is 9.09. The lowest BCUT2D eigenvalue weighted by Crippen LogP contribution is -2.65. The van der Waals surface area contributed by atoms with E-state index in [1.807, 2.05) is 0 Å². The second-order valence-corrected chi connectivity index (χ2v) is 12.5. The van der Waals surface area contributed by atoms with Gasteiger partial charge in [0.1, 0.15) is 11.4 Å². The van der Waals surface area contributed by atoms with Crippen LogP contribution in [0.4, 0.5) is 0 Å². The number of piperazine rings is 1. The van der Waals surface area contributed by atoms with Crippen molar-refractivity contribution in [2.45, 2.75) is 75.5 Å². The van der Waals surface area contributed by atoms with Crippen molar-refractivity contribution in [2.75, 3.05) is 46.3 Å². The van der Waals surface area contributed by atoms with Crippen molar-refractivity contribution in [3.8, 4) is 17.0 Å². The number of rotatable bonds is 6. The van der Waals surface area contributed by atoms with Gasteiger partial charge in [0.15, 0.2) is 0 Å². The maximum absolute atomic E-state index is 13.7. The van der Waals surface area contributed by atoms with Crippen LogP contribution >= 0.6 is 0 Å². The highest BCUT2D eigenvalue weighted by molar-refractivity contribution is 5.84. The molecule has 3 heterocycles. The molecule has 0 N–H and O–H groups in total. The van der Waals surface area contributed by atoms with Crippen LogP contribution in [0.5, 0.6) is 5.75 Å². The Morgan fingerprint density at radius 2 is 1.68 bits per heavy atom. The smallest absolute Gasteiger partial charge is 0.228 e. The first-order valence-corrected chi connectivity index (χ1v) is 14.4. The van der Waals surface area contributed by atoms with Crippen molar-refractivity contribution in [2.24, 2.45) is 5.41 Å². The zero-order valence-electron chi connectivity index (χ0n) is 22.1. The Kier molecular flexibility index (Phi) is 5.81. The number of hydrogen-bond acceptors (Lipinski definition) is 6. The van der Waals surface area contributed by atoms with Crippen molar-refractivity contribution in [1.29, 1.82) is 0 Å². The number of likely N-dealkylation sites (tertiary alicyclic amines) is 1. The van der Waals surface area contributed by atoms with E-state index in [9.17, 15) is 4.79 Å². The maximum Gasteiger partial charge on any atom is 0.228 e. The minimum atomic E-state index is -0.196. The van der Waals surface area contributed by atoms with Crippen molar-refractivity contribution < 1.29 is 9.53 Å². The van der Waals surface area contributed by atoms with Gasteiger partial charge in [0.05, 0.1) is 23.3 Å². The minimum absolute atomic E-state index is 0.0614. The van der Waals surface area contributed by atoms with Gasteiger partial charge in [0, 0.05) is 50.9 Å². The number of amides is 1. The van der Waals surface area contributed by atoms with E-state index < -0.39 is 0 Å². The minimum Gasteiger partial charge on any atom is -0.490 e. The number of aromatic nitrogens is 3. The standard InChI is InChI=1S/C29H40N6O2/c1-32-14-16-33(17-15-32)23-18-34(19-23)27(36)28-10-12-29(21-28,13-11-28)35-20-26(30-31-35)22-6-8-25(9-7-22)37-24-4-2-3-5-24/h6-9,20,23-24H,2-5,10-19,21H2,1H3. The first-order chi connectivity index (χ1) is 18.0. The summed E-state index contributed by atoms with van der Waals surface area (Å²) in [6.45, 7) is 6.34. The Morgan fingerprint density at radius 3 is 2.38 bits per heavy atom. The molecule has 1 aromatic heterocycles. The summed E-state index contributed by atoms with van der Waals surface area (Å²) in [4.78, 5) is 20.8. The summed E-state index contributed by atoms with van der Waals surface area (Å²) in [5.41, 5.74) is 1.71. The summed E-state index contributed by atoms with van der Waals surface area (Å²) in [6.07, 6.45) is 12.2. The van der Waals surface area contributed by atoms with Crippen molar-refractivity contribution in [3.05, 3.63) is 30.5 Å². The molecule has 8 heteroatoms. The summed E-state index contributed by atoms with van der Waals surface area (Å²) < 4.78 is 8.22. The lowest BCUT2D eigenvalue weighted by Gasteiger charge is -2.49. The average molecular weight is 505 g/mol. The summed E-state index contributed by atoms with van der Waals surface area (Å²) >= 11 is 0. The molecule has 0 atom stereocenters. The fraction of sp³-hybridized carbons (Fsp3) is 0.690. The Hall–Kier alpha value is -2.45. The van der Waals surface area contributed by atoms with Gasteiger partial charge in [-0.3, -0.25) is 9.69 Å². The van der Waals surface area contributed by atoms with Gasteiger partial charge in [-0.2, -0.15) is 0 Å². The van der Waals surface area contributed by atoms with E-state index in [2.05, 4.69) is 67.2 Å². The van der Waals surface area contributed by atoms with E-state index >= 15 is 0 Å². The third-order valence-electron chi connectivity index (χ3n) is 10.2. The van der Waals surface area contributed by atoms with Gasteiger partial charge in [0.2, 0.25) is 5.91 Å². The molecule has 1 amide bonds. The van der Waals surface area contributed by atoms with E-state index in [1.54, 1.807) is 0 Å². The third-order valence-corrected chi connectivity index (χ3v) is 10.2. The number of likely N-dealkylation sites (N-methyl/N-ethyl adjacent to an activating group) is 1. The highest BCUT2D eigenvalue weighted by Crippen LogP contribution is 2.61. The molecule has 1 aromatic carbocycles. The van der Waals surface area contributed by atoms with Crippen molar-refractivity contribution in [3.63, 3.8) is 0 Å². The largest absolute Gasteiger partial charge is 0.490 e. The van der Waals surface area contributed by atoms with E-state index in [0.29, 0.717) is 18.1 Å². The molecule has 37 heavy (non-hydrogen) atoms. The normalized spacial score (nSPS) is 31.2. The first kappa shape index (κ1) is 23.7. The van der Waals surface area contributed by atoms with Crippen LogP contribution in [0.15, 0.2) is 30.5 Å². The highest BCUT2D eigenvalue weighted by atomic mass is 16.5. The first-order valence-electron chi connectivity index (χ1n) is 14.4. The zero-order valence-corrected chi connectivity index (χ0v) is 22.1. The zero-order chi connectivity index (χ0) is 25.0. The monoisotopic (exact) mass is 504 g/mol. The van der Waals surface area contributed by atoms with Crippen LogP contribution in [0.25, 0.3) is 11.3 Å². The van der Waals surface area contributed by atoms with E-state index in [1.165, 1.54) is 12.8 Å². The Balaban J connectivity index is 0.986. The van der Waals surface area contributed by atoms with E-state index in [-0.39, 0.29) is 11.0 Å². The number of fused-ring (bicyclic) bond motifs is 2. The molecule has 198 valence electrons.